The maximum atomic E-state index is 11.4. The molecule has 1 aliphatic carbocycles. The van der Waals surface area contributed by atoms with Crippen molar-refractivity contribution in [3.63, 3.8) is 0 Å². The summed E-state index contributed by atoms with van der Waals surface area (Å²) in [5, 5.41) is 11.4. The van der Waals surface area contributed by atoms with E-state index in [1.165, 1.54) is 63.4 Å². The summed E-state index contributed by atoms with van der Waals surface area (Å²) < 4.78 is 0. The van der Waals surface area contributed by atoms with Crippen LogP contribution in [0.15, 0.2) is 77.8 Å². The van der Waals surface area contributed by atoms with Crippen LogP contribution in [0.4, 0.5) is 5.69 Å². The molecule has 5 heteroatoms. The van der Waals surface area contributed by atoms with Crippen LogP contribution >= 0.6 is 18.6 Å². The van der Waals surface area contributed by atoms with Crippen LogP contribution in [-0.4, -0.2) is 11.3 Å². The van der Waals surface area contributed by atoms with Crippen molar-refractivity contribution in [2.45, 2.75) is 76.5 Å². The van der Waals surface area contributed by atoms with Crippen LogP contribution < -0.4 is 0 Å². The van der Waals surface area contributed by atoms with Gasteiger partial charge in [0.1, 0.15) is 5.75 Å². The van der Waals surface area contributed by atoms with Gasteiger partial charge < -0.3 is 5.11 Å². The third-order valence-corrected chi connectivity index (χ3v) is 6.93. The molecule has 0 spiro atoms. The van der Waals surface area contributed by atoms with Gasteiger partial charge in [0.2, 0.25) is 0 Å². The fourth-order valence-corrected chi connectivity index (χ4v) is 5.02. The van der Waals surface area contributed by atoms with Crippen LogP contribution in [0.1, 0.15) is 87.7 Å². The van der Waals surface area contributed by atoms with Crippen molar-refractivity contribution in [3.05, 3.63) is 83.9 Å². The number of aliphatic imine (C=N–C) groups is 1. The minimum absolute atomic E-state index is 0.400. The van der Waals surface area contributed by atoms with Crippen LogP contribution in [0.3, 0.4) is 0 Å². The zero-order valence-corrected chi connectivity index (χ0v) is 24.1. The third-order valence-electron chi connectivity index (χ3n) is 6.93. The molecule has 0 saturated heterocycles. The van der Waals surface area contributed by atoms with E-state index in [-0.39, 0.29) is 0 Å². The number of para-hydroxylation sites is 1. The third kappa shape index (κ3) is 9.71. The van der Waals surface area contributed by atoms with Crippen molar-refractivity contribution in [2.24, 2.45) is 4.99 Å². The van der Waals surface area contributed by atoms with Gasteiger partial charge >= 0.3 is 35.6 Å². The predicted octanol–water partition coefficient (Wildman–Crippen LogP) is 10.6. The molecule has 2 nitrogen and oxygen atoms in total. The predicted molar refractivity (Wildman–Crippen MR) is 152 cm³/mol. The molecule has 190 valence electrons. The molecule has 0 aromatic heterocycles. The molecule has 0 aliphatic heterocycles. The van der Waals surface area contributed by atoms with Crippen molar-refractivity contribution in [3.8, 4) is 16.9 Å². The quantitative estimate of drug-likeness (QED) is 0.251. The van der Waals surface area contributed by atoms with E-state index in [1.54, 1.807) is 0 Å². The molecular weight excluding hydrogens is 521 g/mol. The van der Waals surface area contributed by atoms with Gasteiger partial charge in [0.15, 0.2) is 0 Å². The molecule has 0 atom stereocenters. The molecule has 4 rings (SSSR count). The van der Waals surface area contributed by atoms with Gasteiger partial charge in [0, 0.05) is 11.8 Å². The molecule has 3 aromatic rings. The van der Waals surface area contributed by atoms with Gasteiger partial charge in [0.05, 0.1) is 5.69 Å². The fourth-order valence-electron chi connectivity index (χ4n) is 5.02. The normalized spacial score (nSPS) is 15.8. The summed E-state index contributed by atoms with van der Waals surface area (Å²) in [4.78, 5) is 4.66. The number of hydrogen-bond acceptors (Lipinski definition) is 2. The first kappa shape index (κ1) is 29.0. The number of hydrogen-bond donors (Lipinski definition) is 1. The van der Waals surface area contributed by atoms with Gasteiger partial charge in [-0.1, -0.05) is 106 Å². The summed E-state index contributed by atoms with van der Waals surface area (Å²) in [5.41, 5.74) is 5.14. The summed E-state index contributed by atoms with van der Waals surface area (Å²) in [7, 11) is 9.78. The van der Waals surface area contributed by atoms with Crippen LogP contribution in [0.2, 0.25) is 0 Å². The van der Waals surface area contributed by atoms with E-state index in [0.717, 1.165) is 35.2 Å². The van der Waals surface area contributed by atoms with Gasteiger partial charge in [0.25, 0.3) is 0 Å². The molecule has 0 radical (unpaired) electrons. The molecule has 0 heterocycles. The van der Waals surface area contributed by atoms with Crippen molar-refractivity contribution >= 4 is 30.5 Å². The summed E-state index contributed by atoms with van der Waals surface area (Å²) in [5.74, 6) is 0.809. The molecule has 1 saturated carbocycles. The van der Waals surface area contributed by atoms with E-state index in [1.807, 2.05) is 36.5 Å². The first-order valence-corrected chi connectivity index (χ1v) is 17.5. The molecule has 1 N–H and O–H groups in total. The van der Waals surface area contributed by atoms with Gasteiger partial charge in [-0.25, -0.2) is 0 Å². The number of rotatable bonds is 4. The van der Waals surface area contributed by atoms with Gasteiger partial charge in [-0.15, -0.1) is 0 Å². The summed E-state index contributed by atoms with van der Waals surface area (Å²) in [6.45, 7) is 0. The zero-order chi connectivity index (χ0) is 25.4. The number of nitrogens with zero attached hydrogens (tertiary/aromatic N) is 1. The van der Waals surface area contributed by atoms with Crippen molar-refractivity contribution in [1.29, 1.82) is 0 Å². The number of benzene rings is 3. The Hall–Kier alpha value is -1.58. The first-order chi connectivity index (χ1) is 17.7. The molecule has 3 aromatic carbocycles. The zero-order valence-electron chi connectivity index (χ0n) is 21.0. The maximum absolute atomic E-state index is 11.4. The number of halogens is 2. The second-order valence-corrected chi connectivity index (χ2v) is 12.1. The summed E-state index contributed by atoms with van der Waals surface area (Å²) in [6.07, 6.45) is 16.1. The van der Waals surface area contributed by atoms with Crippen LogP contribution in [0.5, 0.6) is 5.75 Å². The molecule has 36 heavy (non-hydrogen) atoms. The second-order valence-electron chi connectivity index (χ2n) is 9.49. The van der Waals surface area contributed by atoms with E-state index < -0.39 is 17.0 Å². The minimum atomic E-state index is -0.556. The van der Waals surface area contributed by atoms with E-state index in [0.29, 0.717) is 11.7 Å². The molecule has 0 bridgehead atoms. The standard InChI is InChI=1S/C31H37NO.2ClH.Ti/c33-31-28(24-32-29-20-14-9-15-21-29)22-27(25-16-12-8-13-17-25)23-30(31)26-18-10-6-4-2-1-3-5-7-11-19-26;;;/h8-9,12-17,20-24,26,33H,1-7,10-11,18-19H2;2*1H;/q;;;+2/p-2. The molecule has 1 fully saturated rings. The second kappa shape index (κ2) is 17.0. The molecular formula is C31H37Cl2NOTi. The SMILES string of the molecule is Oc1c(C=Nc2ccccc2)cc(-c2ccccc2)cc1C1CCCCCCCCCCC1.[Cl][Ti][Cl]. The van der Waals surface area contributed by atoms with E-state index >= 15 is 0 Å². The Bertz CT molecular complexity index is 1030. The Labute approximate surface area is 233 Å². The first-order valence-electron chi connectivity index (χ1n) is 13.2. The summed E-state index contributed by atoms with van der Waals surface area (Å²) >= 11 is -0.556. The van der Waals surface area contributed by atoms with Crippen molar-refractivity contribution in [1.82, 2.24) is 0 Å². The molecule has 1 aliphatic rings. The van der Waals surface area contributed by atoms with Crippen LogP contribution in [0.25, 0.3) is 11.1 Å². The number of aromatic hydroxyl groups is 1. The Morgan fingerprint density at radius 1 is 0.694 bits per heavy atom. The van der Waals surface area contributed by atoms with Crippen molar-refractivity contribution < 1.29 is 22.1 Å². The summed E-state index contributed by atoms with van der Waals surface area (Å²) in [6, 6.07) is 24.8. The molecule has 0 unspecified atom stereocenters. The topological polar surface area (TPSA) is 32.6 Å². The van der Waals surface area contributed by atoms with Crippen molar-refractivity contribution in [2.75, 3.05) is 0 Å². The Morgan fingerprint density at radius 2 is 1.19 bits per heavy atom. The average molecular weight is 558 g/mol. The van der Waals surface area contributed by atoms with E-state index in [9.17, 15) is 5.11 Å². The Kier molecular flexibility index (Phi) is 13.7. The van der Waals surface area contributed by atoms with E-state index in [4.69, 9.17) is 18.6 Å². The van der Waals surface area contributed by atoms with Gasteiger partial charge in [-0.3, -0.25) is 4.99 Å². The van der Waals surface area contributed by atoms with E-state index in [2.05, 4.69) is 47.5 Å². The van der Waals surface area contributed by atoms with Gasteiger partial charge in [-0.05, 0) is 59.7 Å². The number of phenols is 1. The van der Waals surface area contributed by atoms with Crippen LogP contribution in [0, 0.1) is 0 Å². The Morgan fingerprint density at radius 3 is 1.75 bits per heavy atom. The van der Waals surface area contributed by atoms with Crippen LogP contribution in [-0.2, 0) is 17.0 Å². The van der Waals surface area contributed by atoms with Gasteiger partial charge in [-0.2, -0.15) is 0 Å². The Balaban J connectivity index is 0.00000115. The molecule has 0 amide bonds. The average Bonchev–Trinajstić information content (AvgIpc) is 2.90. The fraction of sp³-hybridized carbons (Fsp3) is 0.387. The number of phenolic OH excluding ortho intramolecular Hbond substituents is 1. The monoisotopic (exact) mass is 557 g/mol.